The van der Waals surface area contributed by atoms with E-state index in [1.165, 1.54) is 49.1 Å². The van der Waals surface area contributed by atoms with E-state index >= 15 is 0 Å². The predicted molar refractivity (Wildman–Crippen MR) is 190 cm³/mol. The normalized spacial score (nSPS) is 14.5. The Hall–Kier alpha value is -3.53. The Bertz CT molecular complexity index is 1270. The second kappa shape index (κ2) is 18.9. The number of hydrogen-bond donors (Lipinski definition) is 1. The van der Waals surface area contributed by atoms with Gasteiger partial charge in [-0.25, -0.2) is 4.39 Å². The van der Waals surface area contributed by atoms with Gasteiger partial charge in [0, 0.05) is 36.3 Å². The van der Waals surface area contributed by atoms with Crippen LogP contribution >= 0.6 is 0 Å². The summed E-state index contributed by atoms with van der Waals surface area (Å²) in [4.78, 5) is 9.15. The molecule has 0 spiro atoms. The van der Waals surface area contributed by atoms with E-state index in [4.69, 9.17) is 10.7 Å². The first kappa shape index (κ1) is 37.5. The van der Waals surface area contributed by atoms with Crippen LogP contribution in [0.3, 0.4) is 0 Å². The Morgan fingerprint density at radius 2 is 1.49 bits per heavy atom. The third kappa shape index (κ3) is 11.9. The molecule has 0 saturated heterocycles. The van der Waals surface area contributed by atoms with Gasteiger partial charge in [-0.05, 0) is 83.9 Å². The molecule has 1 aliphatic heterocycles. The van der Waals surface area contributed by atoms with Gasteiger partial charge in [-0.3, -0.25) is 9.98 Å². The van der Waals surface area contributed by atoms with E-state index in [0.717, 1.165) is 58.9 Å². The molecule has 2 N–H and O–H groups in total. The second-order valence-electron chi connectivity index (χ2n) is 12.0. The van der Waals surface area contributed by atoms with Gasteiger partial charge in [0.15, 0.2) is 0 Å². The Kier molecular flexibility index (Phi) is 16.5. The summed E-state index contributed by atoms with van der Waals surface area (Å²) in [6.45, 7) is 27.8. The Labute approximate surface area is 262 Å². The average molecular weight is 586 g/mol. The van der Waals surface area contributed by atoms with Crippen molar-refractivity contribution in [1.29, 1.82) is 0 Å². The van der Waals surface area contributed by atoms with Gasteiger partial charge in [-0.1, -0.05) is 117 Å². The minimum atomic E-state index is -0.248. The number of aliphatic imine (C=N–C) groups is 2. The molecule has 4 heteroatoms. The van der Waals surface area contributed by atoms with Crippen molar-refractivity contribution in [1.82, 2.24) is 0 Å². The molecule has 2 aromatic carbocycles. The van der Waals surface area contributed by atoms with Crippen molar-refractivity contribution in [2.24, 2.45) is 27.1 Å². The minimum Gasteiger partial charge on any atom is -0.399 e. The van der Waals surface area contributed by atoms with Crippen molar-refractivity contribution in [3.63, 3.8) is 0 Å². The first-order valence-corrected chi connectivity index (χ1v) is 15.7. The van der Waals surface area contributed by atoms with E-state index in [1.807, 2.05) is 19.1 Å². The number of halogens is 1. The van der Waals surface area contributed by atoms with Crippen molar-refractivity contribution < 1.29 is 4.39 Å². The summed E-state index contributed by atoms with van der Waals surface area (Å²) in [7, 11) is 1.77. The molecule has 2 aromatic rings. The number of nitrogens with zero attached hydrogens (tertiary/aromatic N) is 2. The maximum atomic E-state index is 13.0. The number of hydrogen-bond acceptors (Lipinski definition) is 3. The van der Waals surface area contributed by atoms with Crippen molar-refractivity contribution in [3.8, 4) is 0 Å². The summed E-state index contributed by atoms with van der Waals surface area (Å²) in [5.41, 5.74) is 15.0. The molecule has 1 aliphatic rings. The molecule has 0 unspecified atom stereocenters. The van der Waals surface area contributed by atoms with Crippen LogP contribution in [0.5, 0.6) is 0 Å². The fourth-order valence-electron chi connectivity index (χ4n) is 5.30. The highest BCUT2D eigenvalue weighted by Gasteiger charge is 2.34. The van der Waals surface area contributed by atoms with Crippen LogP contribution in [0.2, 0.25) is 0 Å². The van der Waals surface area contributed by atoms with Gasteiger partial charge in [-0.15, -0.1) is 0 Å². The lowest BCUT2D eigenvalue weighted by Gasteiger charge is -2.27. The topological polar surface area (TPSA) is 50.7 Å². The lowest BCUT2D eigenvalue weighted by atomic mass is 9.76. The number of allylic oxidation sites excluding steroid dienone is 4. The van der Waals surface area contributed by atoms with Gasteiger partial charge in [0.1, 0.15) is 5.82 Å². The molecule has 1 heterocycles. The quantitative estimate of drug-likeness (QED) is 0.207. The highest BCUT2D eigenvalue weighted by atomic mass is 19.1. The Morgan fingerprint density at radius 1 is 0.977 bits per heavy atom. The SMILES string of the molecule is C=C(N)c1ccc(C2=NCC(CCC)(CCC)C2)cc1.C=C/C(C)=C(\C(=C)c1ccc(F)cc1)C(CC)=NC.CC(C)C. The lowest BCUT2D eigenvalue weighted by molar-refractivity contribution is 0.272. The van der Waals surface area contributed by atoms with E-state index in [1.54, 1.807) is 25.3 Å². The molecular formula is C39H56FN3. The van der Waals surface area contributed by atoms with Crippen LogP contribution in [0.15, 0.2) is 95.5 Å². The molecule has 0 fully saturated rings. The van der Waals surface area contributed by atoms with Gasteiger partial charge in [0.25, 0.3) is 0 Å². The molecule has 234 valence electrons. The Balaban J connectivity index is 0.000000383. The van der Waals surface area contributed by atoms with Crippen LogP contribution in [-0.4, -0.2) is 25.0 Å². The maximum absolute atomic E-state index is 13.0. The summed E-state index contributed by atoms with van der Waals surface area (Å²) < 4.78 is 13.0. The molecule has 0 bridgehead atoms. The van der Waals surface area contributed by atoms with E-state index in [0.29, 0.717) is 11.1 Å². The molecule has 0 atom stereocenters. The van der Waals surface area contributed by atoms with Crippen LogP contribution in [0.1, 0.15) is 104 Å². The number of nitrogens with two attached hydrogens (primary N) is 1. The van der Waals surface area contributed by atoms with E-state index in [9.17, 15) is 4.39 Å². The standard InChI is InChI=1S/C18H26N2.C17H20FN.C4H10/c1-4-10-18(11-5-2)12-17(20-13-18)16-8-6-15(7-9-16)14(3)19;1-6-12(3)17(16(7-2)19-5)13(4)14-8-10-15(18)11-9-14;1-4(2)3/h6-9H,3-5,10-13,19H2,1-2H3;6,8-11H,1,4,7H2,2-3,5H3;4H,1-3H3/b;17-12+,19-16?;. The first-order valence-electron chi connectivity index (χ1n) is 15.7. The van der Waals surface area contributed by atoms with Crippen LogP contribution in [0, 0.1) is 17.2 Å². The molecule has 3 nitrogen and oxygen atoms in total. The van der Waals surface area contributed by atoms with Gasteiger partial charge in [-0.2, -0.15) is 0 Å². The summed E-state index contributed by atoms with van der Waals surface area (Å²) in [5, 5.41) is 0. The lowest BCUT2D eigenvalue weighted by Crippen LogP contribution is -2.22. The van der Waals surface area contributed by atoms with Gasteiger partial charge in [0.2, 0.25) is 0 Å². The van der Waals surface area contributed by atoms with Crippen molar-refractivity contribution >= 4 is 22.7 Å². The third-order valence-electron chi connectivity index (χ3n) is 7.39. The fourth-order valence-corrected chi connectivity index (χ4v) is 5.30. The number of benzene rings is 2. The van der Waals surface area contributed by atoms with Gasteiger partial charge < -0.3 is 5.73 Å². The van der Waals surface area contributed by atoms with Crippen molar-refractivity contribution in [3.05, 3.63) is 108 Å². The molecule has 0 aliphatic carbocycles. The van der Waals surface area contributed by atoms with Gasteiger partial charge >= 0.3 is 0 Å². The maximum Gasteiger partial charge on any atom is 0.123 e. The van der Waals surface area contributed by atoms with E-state index in [-0.39, 0.29) is 5.82 Å². The molecule has 0 saturated carbocycles. The van der Waals surface area contributed by atoms with Crippen LogP contribution in [-0.2, 0) is 0 Å². The Morgan fingerprint density at radius 3 is 1.91 bits per heavy atom. The zero-order chi connectivity index (χ0) is 32.6. The summed E-state index contributed by atoms with van der Waals surface area (Å²) in [6.07, 6.45) is 8.79. The van der Waals surface area contributed by atoms with Crippen molar-refractivity contribution in [2.75, 3.05) is 13.6 Å². The fraction of sp³-hybridized carbons (Fsp3) is 0.436. The third-order valence-corrected chi connectivity index (χ3v) is 7.39. The van der Waals surface area contributed by atoms with Crippen LogP contribution in [0.25, 0.3) is 11.3 Å². The first-order chi connectivity index (χ1) is 20.4. The highest BCUT2D eigenvalue weighted by Crippen LogP contribution is 2.39. The van der Waals surface area contributed by atoms with Crippen LogP contribution < -0.4 is 5.73 Å². The smallest absolute Gasteiger partial charge is 0.123 e. The summed E-state index contributed by atoms with van der Waals surface area (Å²) >= 11 is 0. The van der Waals surface area contributed by atoms with Crippen molar-refractivity contribution in [2.45, 2.75) is 87.0 Å². The van der Waals surface area contributed by atoms with E-state index < -0.39 is 0 Å². The monoisotopic (exact) mass is 585 g/mol. The zero-order valence-electron chi connectivity index (χ0n) is 28.2. The molecule has 43 heavy (non-hydrogen) atoms. The zero-order valence-corrected chi connectivity index (χ0v) is 28.2. The highest BCUT2D eigenvalue weighted by molar-refractivity contribution is 6.13. The largest absolute Gasteiger partial charge is 0.399 e. The van der Waals surface area contributed by atoms with Crippen LogP contribution in [0.4, 0.5) is 4.39 Å². The summed E-state index contributed by atoms with van der Waals surface area (Å²) in [6, 6.07) is 14.7. The summed E-state index contributed by atoms with van der Waals surface area (Å²) in [5.74, 6) is 0.586. The molecular weight excluding hydrogens is 529 g/mol. The average Bonchev–Trinajstić information content (AvgIpc) is 3.39. The molecule has 3 rings (SSSR count). The number of rotatable bonds is 11. The van der Waals surface area contributed by atoms with E-state index in [2.05, 4.69) is 78.4 Å². The van der Waals surface area contributed by atoms with Gasteiger partial charge in [0.05, 0.1) is 0 Å². The predicted octanol–water partition coefficient (Wildman–Crippen LogP) is 10.9. The molecule has 0 amide bonds. The molecule has 0 radical (unpaired) electrons. The molecule has 0 aromatic heterocycles. The second-order valence-corrected chi connectivity index (χ2v) is 12.0. The minimum absolute atomic E-state index is 0.248.